The molecule has 1 aliphatic heterocycles. The predicted molar refractivity (Wildman–Crippen MR) is 49.2 cm³/mol. The first kappa shape index (κ1) is 12.6. The maximum atomic E-state index is 2.50. The zero-order valence-electron chi connectivity index (χ0n) is 8.34. The molecule has 0 unspecified atom stereocenters. The van der Waals surface area contributed by atoms with Gasteiger partial charge in [-0.3, -0.25) is 0 Å². The third kappa shape index (κ3) is 4.05. The molecule has 1 nitrogen and oxygen atoms in total. The summed E-state index contributed by atoms with van der Waals surface area (Å²) in [5, 5.41) is 0. The normalized spacial score (nSPS) is 21.2. The zero-order valence-corrected chi connectivity index (χ0v) is 11.3. The summed E-state index contributed by atoms with van der Waals surface area (Å²) < 4.78 is 0. The van der Waals surface area contributed by atoms with Crippen molar-refractivity contribution in [2.75, 3.05) is 13.1 Å². The monoisotopic (exact) mass is 337 g/mol. The van der Waals surface area contributed by atoms with Crippen molar-refractivity contribution in [2.45, 2.75) is 39.2 Å². The van der Waals surface area contributed by atoms with Crippen LogP contribution in [0.2, 0.25) is 0 Å². The molecule has 2 heteroatoms. The number of hydrogen-bond donors (Lipinski definition) is 0. The van der Waals surface area contributed by atoms with Gasteiger partial charge < -0.3 is 17.7 Å². The van der Waals surface area contributed by atoms with Gasteiger partial charge in [-0.05, 0) is 20.8 Å². The Labute approximate surface area is 91.2 Å². The standard InChI is InChI=1S/C10H19N.W/c1-10(2,3)11-8-6-4-5-7-9-11;/h6-7H,4-5,8-9H2,1-3H3;/q-2;+2. The predicted octanol–water partition coefficient (Wildman–Crippen LogP) is 2.29. The van der Waals surface area contributed by atoms with E-state index < -0.39 is 0 Å². The van der Waals surface area contributed by atoms with E-state index in [1.807, 2.05) is 0 Å². The van der Waals surface area contributed by atoms with E-state index in [4.69, 9.17) is 0 Å². The second-order valence-electron chi connectivity index (χ2n) is 4.23. The fraction of sp³-hybridized carbons (Fsp3) is 0.800. The number of rotatable bonds is 0. The van der Waals surface area contributed by atoms with Crippen molar-refractivity contribution in [3.63, 3.8) is 0 Å². The van der Waals surface area contributed by atoms with Gasteiger partial charge in [-0.25, -0.2) is 12.8 Å². The topological polar surface area (TPSA) is 3.24 Å². The Hall–Kier alpha value is 0.648. The molecule has 0 amide bonds. The number of nitrogens with zero attached hydrogens (tertiary/aromatic N) is 1. The van der Waals surface area contributed by atoms with Crippen molar-refractivity contribution < 1.29 is 21.1 Å². The van der Waals surface area contributed by atoms with Crippen molar-refractivity contribution in [1.29, 1.82) is 0 Å². The molecule has 0 spiro atoms. The largest absolute Gasteiger partial charge is 2.00 e. The van der Waals surface area contributed by atoms with Gasteiger partial charge >= 0.3 is 21.1 Å². The molecule has 1 rings (SSSR count). The van der Waals surface area contributed by atoms with Gasteiger partial charge in [-0.15, -0.1) is 13.1 Å². The van der Waals surface area contributed by atoms with E-state index in [0.29, 0.717) is 5.54 Å². The number of likely N-dealkylation sites (tertiary alicyclic amines) is 1. The third-order valence-electron chi connectivity index (χ3n) is 2.22. The maximum absolute atomic E-state index is 2.50. The first-order valence-electron chi connectivity index (χ1n) is 4.49. The van der Waals surface area contributed by atoms with Crippen LogP contribution in [0.5, 0.6) is 0 Å². The first-order chi connectivity index (χ1) is 5.11. The van der Waals surface area contributed by atoms with Crippen LogP contribution in [0.25, 0.3) is 0 Å². The second kappa shape index (κ2) is 5.39. The SMILES string of the molecule is CC(C)(C)N1C[CH-]CC[CH-]C1.[W+2]. The van der Waals surface area contributed by atoms with Crippen LogP contribution in [0, 0.1) is 12.8 Å². The van der Waals surface area contributed by atoms with E-state index in [-0.39, 0.29) is 21.1 Å². The van der Waals surface area contributed by atoms with Crippen molar-refractivity contribution in [1.82, 2.24) is 4.90 Å². The van der Waals surface area contributed by atoms with Gasteiger partial charge in [-0.2, -0.15) is 0 Å². The minimum absolute atomic E-state index is 0. The van der Waals surface area contributed by atoms with Gasteiger partial charge in [0, 0.05) is 5.54 Å². The van der Waals surface area contributed by atoms with Gasteiger partial charge in [0.25, 0.3) is 0 Å². The Bertz CT molecular complexity index is 109. The zero-order chi connectivity index (χ0) is 8.32. The molecular formula is C10H19NW. The summed E-state index contributed by atoms with van der Waals surface area (Å²) in [7, 11) is 0. The van der Waals surface area contributed by atoms with Crippen LogP contribution in [-0.4, -0.2) is 23.5 Å². The van der Waals surface area contributed by atoms with E-state index in [9.17, 15) is 0 Å². The molecule has 0 aliphatic carbocycles. The van der Waals surface area contributed by atoms with Crippen LogP contribution in [0.4, 0.5) is 0 Å². The van der Waals surface area contributed by atoms with Crippen molar-refractivity contribution in [3.05, 3.63) is 12.8 Å². The molecular weight excluding hydrogens is 318 g/mol. The molecule has 0 saturated carbocycles. The summed E-state index contributed by atoms with van der Waals surface area (Å²) in [6, 6.07) is 0. The van der Waals surface area contributed by atoms with Crippen molar-refractivity contribution >= 4 is 0 Å². The average Bonchev–Trinajstić information content (AvgIpc) is 2.10. The minimum Gasteiger partial charge on any atom is -0.357 e. The summed E-state index contributed by atoms with van der Waals surface area (Å²) >= 11 is 0. The molecule has 0 aromatic heterocycles. The van der Waals surface area contributed by atoms with Gasteiger partial charge in [0.2, 0.25) is 0 Å². The Balaban J connectivity index is 0.00000121. The molecule has 12 heavy (non-hydrogen) atoms. The molecule has 70 valence electrons. The summed E-state index contributed by atoms with van der Waals surface area (Å²) in [6.45, 7) is 9.14. The molecule has 0 N–H and O–H groups in total. The summed E-state index contributed by atoms with van der Waals surface area (Å²) in [4.78, 5) is 2.50. The Morgan fingerprint density at radius 1 is 1.00 bits per heavy atom. The van der Waals surface area contributed by atoms with E-state index in [0.717, 1.165) is 13.1 Å². The quantitative estimate of drug-likeness (QED) is 0.613. The molecule has 0 radical (unpaired) electrons. The average molecular weight is 337 g/mol. The van der Waals surface area contributed by atoms with Crippen LogP contribution in [0.3, 0.4) is 0 Å². The molecule has 0 aromatic rings. The Kier molecular flexibility index (Phi) is 5.69. The molecule has 1 fully saturated rings. The van der Waals surface area contributed by atoms with E-state index in [1.165, 1.54) is 12.8 Å². The van der Waals surface area contributed by atoms with Crippen LogP contribution < -0.4 is 0 Å². The van der Waals surface area contributed by atoms with E-state index in [1.54, 1.807) is 0 Å². The third-order valence-corrected chi connectivity index (χ3v) is 2.22. The molecule has 1 saturated heterocycles. The van der Waals surface area contributed by atoms with Crippen molar-refractivity contribution in [3.8, 4) is 0 Å². The van der Waals surface area contributed by atoms with Crippen molar-refractivity contribution in [2.24, 2.45) is 0 Å². The Morgan fingerprint density at radius 3 is 1.75 bits per heavy atom. The molecule has 1 aliphatic rings. The first-order valence-corrected chi connectivity index (χ1v) is 4.49. The summed E-state index contributed by atoms with van der Waals surface area (Å²) in [5.41, 5.74) is 0.331. The van der Waals surface area contributed by atoms with Crippen LogP contribution in [0.15, 0.2) is 0 Å². The van der Waals surface area contributed by atoms with Gasteiger partial charge in [0.05, 0.1) is 0 Å². The maximum Gasteiger partial charge on any atom is 2.00 e. The van der Waals surface area contributed by atoms with Crippen LogP contribution in [0.1, 0.15) is 33.6 Å². The molecule has 0 aromatic carbocycles. The smallest absolute Gasteiger partial charge is 0.357 e. The number of hydrogen-bond acceptors (Lipinski definition) is 1. The molecule has 1 heterocycles. The fourth-order valence-electron chi connectivity index (χ4n) is 1.35. The van der Waals surface area contributed by atoms with Crippen LogP contribution >= 0.6 is 0 Å². The van der Waals surface area contributed by atoms with E-state index >= 15 is 0 Å². The molecule has 0 atom stereocenters. The van der Waals surface area contributed by atoms with Crippen LogP contribution in [-0.2, 0) is 21.1 Å². The van der Waals surface area contributed by atoms with Gasteiger partial charge in [0.15, 0.2) is 0 Å². The summed E-state index contributed by atoms with van der Waals surface area (Å²) in [6.07, 6.45) is 7.28. The van der Waals surface area contributed by atoms with Gasteiger partial charge in [-0.1, -0.05) is 0 Å². The summed E-state index contributed by atoms with van der Waals surface area (Å²) in [5.74, 6) is 0. The second-order valence-corrected chi connectivity index (χ2v) is 4.23. The molecule has 0 bridgehead atoms. The fourth-order valence-corrected chi connectivity index (χ4v) is 1.35. The Morgan fingerprint density at radius 2 is 1.42 bits per heavy atom. The minimum atomic E-state index is 0. The van der Waals surface area contributed by atoms with E-state index in [2.05, 4.69) is 38.5 Å². The van der Waals surface area contributed by atoms with Gasteiger partial charge in [0.1, 0.15) is 0 Å².